The maximum atomic E-state index is 12.2. The molecule has 0 aliphatic heterocycles. The molecule has 0 saturated heterocycles. The van der Waals surface area contributed by atoms with Crippen LogP contribution in [0.25, 0.3) is 0 Å². The average Bonchev–Trinajstić information content (AvgIpc) is 2.64. The number of hydrogen-bond acceptors (Lipinski definition) is 4. The summed E-state index contributed by atoms with van der Waals surface area (Å²) in [5.41, 5.74) is 2.14. The van der Waals surface area contributed by atoms with E-state index in [1.165, 1.54) is 0 Å². The number of aromatic nitrogens is 1. The predicted octanol–water partition coefficient (Wildman–Crippen LogP) is 3.07. The van der Waals surface area contributed by atoms with E-state index < -0.39 is 0 Å². The van der Waals surface area contributed by atoms with Crippen LogP contribution in [0.5, 0.6) is 5.75 Å². The summed E-state index contributed by atoms with van der Waals surface area (Å²) in [6.45, 7) is 3.72. The van der Waals surface area contributed by atoms with Crippen molar-refractivity contribution < 1.29 is 9.53 Å². The normalized spacial score (nSPS) is 10.3. The number of pyridine rings is 1. The number of urea groups is 1. The second-order valence-electron chi connectivity index (χ2n) is 6.46. The van der Waals surface area contributed by atoms with E-state index in [0.717, 1.165) is 29.1 Å². The van der Waals surface area contributed by atoms with Crippen molar-refractivity contribution in [1.82, 2.24) is 15.2 Å². The number of nitrogens with zero attached hydrogens (tertiary/aromatic N) is 3. The summed E-state index contributed by atoms with van der Waals surface area (Å²) in [5.74, 6) is 1.77. The first-order chi connectivity index (χ1) is 12.5. The van der Waals surface area contributed by atoms with E-state index in [1.54, 1.807) is 18.1 Å². The summed E-state index contributed by atoms with van der Waals surface area (Å²) in [7, 11) is 5.68. The molecule has 0 fully saturated rings. The summed E-state index contributed by atoms with van der Waals surface area (Å²) >= 11 is 0. The lowest BCUT2D eigenvalue weighted by molar-refractivity contribution is 0.203. The molecule has 6 nitrogen and oxygen atoms in total. The van der Waals surface area contributed by atoms with Crippen LogP contribution in [0.4, 0.5) is 10.6 Å². The number of carbonyl (C=O) groups excluding carboxylic acids is 1. The molecular weight excluding hydrogens is 328 g/mol. The molecule has 1 aromatic carbocycles. The number of hydrogen-bond donors (Lipinski definition) is 1. The first-order valence-electron chi connectivity index (χ1n) is 8.77. The third-order valence-electron chi connectivity index (χ3n) is 4.05. The van der Waals surface area contributed by atoms with Gasteiger partial charge in [0.25, 0.3) is 0 Å². The molecule has 0 unspecified atom stereocenters. The Morgan fingerprint density at radius 2 is 1.96 bits per heavy atom. The third kappa shape index (κ3) is 5.95. The highest BCUT2D eigenvalue weighted by Crippen LogP contribution is 2.16. The number of nitrogens with one attached hydrogen (secondary N) is 1. The summed E-state index contributed by atoms with van der Waals surface area (Å²) in [4.78, 5) is 20.1. The van der Waals surface area contributed by atoms with Gasteiger partial charge in [0.1, 0.15) is 11.6 Å². The number of amides is 2. The van der Waals surface area contributed by atoms with Gasteiger partial charge in [-0.3, -0.25) is 0 Å². The van der Waals surface area contributed by atoms with E-state index in [1.807, 2.05) is 62.3 Å². The van der Waals surface area contributed by atoms with Gasteiger partial charge in [-0.1, -0.05) is 18.2 Å². The van der Waals surface area contributed by atoms with Crippen molar-refractivity contribution in [1.29, 1.82) is 0 Å². The van der Waals surface area contributed by atoms with Gasteiger partial charge in [0.05, 0.1) is 6.61 Å². The number of ether oxygens (including phenoxy) is 1. The molecule has 0 spiro atoms. The van der Waals surface area contributed by atoms with E-state index in [4.69, 9.17) is 4.74 Å². The molecule has 0 radical (unpaired) electrons. The minimum atomic E-state index is -0.0934. The van der Waals surface area contributed by atoms with Gasteiger partial charge >= 0.3 is 6.03 Å². The van der Waals surface area contributed by atoms with Gasteiger partial charge in [0, 0.05) is 40.4 Å². The Hall–Kier alpha value is -2.76. The van der Waals surface area contributed by atoms with Crippen LogP contribution in [0.15, 0.2) is 42.6 Å². The molecule has 2 amide bonds. The van der Waals surface area contributed by atoms with Gasteiger partial charge in [0.15, 0.2) is 0 Å². The summed E-state index contributed by atoms with van der Waals surface area (Å²) in [5, 5.41) is 2.93. The SMILES string of the molecule is Cc1ccccc1OCCCN(C)C(=O)NCc1ccnc(N(C)C)c1. The summed E-state index contributed by atoms with van der Waals surface area (Å²) < 4.78 is 5.76. The second kappa shape index (κ2) is 9.65. The minimum Gasteiger partial charge on any atom is -0.493 e. The van der Waals surface area contributed by atoms with Crippen molar-refractivity contribution in [3.63, 3.8) is 0 Å². The van der Waals surface area contributed by atoms with Crippen molar-refractivity contribution >= 4 is 11.8 Å². The van der Waals surface area contributed by atoms with Crippen LogP contribution < -0.4 is 15.0 Å². The fraction of sp³-hybridized carbons (Fsp3) is 0.400. The molecule has 0 aliphatic rings. The number of rotatable bonds is 8. The van der Waals surface area contributed by atoms with Crippen LogP contribution in [0.1, 0.15) is 17.5 Å². The Labute approximate surface area is 155 Å². The number of anilines is 1. The number of para-hydroxylation sites is 1. The molecule has 26 heavy (non-hydrogen) atoms. The highest BCUT2D eigenvalue weighted by molar-refractivity contribution is 5.73. The van der Waals surface area contributed by atoms with Crippen molar-refractivity contribution in [2.75, 3.05) is 39.2 Å². The zero-order valence-electron chi connectivity index (χ0n) is 16.0. The lowest BCUT2D eigenvalue weighted by Crippen LogP contribution is -2.37. The minimum absolute atomic E-state index is 0.0934. The van der Waals surface area contributed by atoms with Crippen LogP contribution in [0.2, 0.25) is 0 Å². The Kier molecular flexibility index (Phi) is 7.26. The zero-order chi connectivity index (χ0) is 18.9. The predicted molar refractivity (Wildman–Crippen MR) is 105 cm³/mol. The fourth-order valence-electron chi connectivity index (χ4n) is 2.43. The molecule has 6 heteroatoms. The van der Waals surface area contributed by atoms with Gasteiger partial charge in [-0.2, -0.15) is 0 Å². The van der Waals surface area contributed by atoms with Crippen molar-refractivity contribution in [2.24, 2.45) is 0 Å². The zero-order valence-corrected chi connectivity index (χ0v) is 16.0. The highest BCUT2D eigenvalue weighted by Gasteiger charge is 2.08. The van der Waals surface area contributed by atoms with Crippen molar-refractivity contribution in [2.45, 2.75) is 19.9 Å². The monoisotopic (exact) mass is 356 g/mol. The standard InChI is InChI=1S/C20H28N4O2/c1-16-8-5-6-9-18(16)26-13-7-12-24(4)20(25)22-15-17-10-11-21-19(14-17)23(2)3/h5-6,8-11,14H,7,12-13,15H2,1-4H3,(H,22,25). The molecule has 2 rings (SSSR count). The Morgan fingerprint density at radius 1 is 1.19 bits per heavy atom. The molecule has 0 aliphatic carbocycles. The van der Waals surface area contributed by atoms with Crippen LogP contribution in [0.3, 0.4) is 0 Å². The van der Waals surface area contributed by atoms with E-state index in [0.29, 0.717) is 19.7 Å². The number of benzene rings is 1. The largest absolute Gasteiger partial charge is 0.493 e. The Morgan fingerprint density at radius 3 is 2.69 bits per heavy atom. The topological polar surface area (TPSA) is 57.7 Å². The van der Waals surface area contributed by atoms with Gasteiger partial charge in [-0.15, -0.1) is 0 Å². The number of aryl methyl sites for hydroxylation is 1. The Bertz CT molecular complexity index is 718. The summed E-state index contributed by atoms with van der Waals surface area (Å²) in [6.07, 6.45) is 2.53. The smallest absolute Gasteiger partial charge is 0.317 e. The third-order valence-corrected chi connectivity index (χ3v) is 4.05. The van der Waals surface area contributed by atoms with Crippen molar-refractivity contribution in [3.05, 3.63) is 53.7 Å². The van der Waals surface area contributed by atoms with E-state index in [9.17, 15) is 4.79 Å². The van der Waals surface area contributed by atoms with E-state index in [2.05, 4.69) is 10.3 Å². The van der Waals surface area contributed by atoms with Crippen LogP contribution in [-0.2, 0) is 6.54 Å². The molecule has 1 heterocycles. The molecule has 1 aromatic heterocycles. The van der Waals surface area contributed by atoms with Crippen LogP contribution in [-0.4, -0.2) is 50.2 Å². The second-order valence-corrected chi connectivity index (χ2v) is 6.46. The average molecular weight is 356 g/mol. The molecule has 0 saturated carbocycles. The maximum absolute atomic E-state index is 12.2. The van der Waals surface area contributed by atoms with Crippen molar-refractivity contribution in [3.8, 4) is 5.75 Å². The summed E-state index contributed by atoms with van der Waals surface area (Å²) in [6, 6.07) is 11.7. The lowest BCUT2D eigenvalue weighted by atomic mass is 10.2. The van der Waals surface area contributed by atoms with Crippen LogP contribution in [0, 0.1) is 6.92 Å². The Balaban J connectivity index is 1.70. The fourth-order valence-corrected chi connectivity index (χ4v) is 2.43. The van der Waals surface area contributed by atoms with Gasteiger partial charge in [-0.05, 0) is 42.7 Å². The van der Waals surface area contributed by atoms with Crippen LogP contribution >= 0.6 is 0 Å². The molecule has 1 N–H and O–H groups in total. The first kappa shape index (κ1) is 19.6. The molecule has 140 valence electrons. The molecular formula is C20H28N4O2. The lowest BCUT2D eigenvalue weighted by Gasteiger charge is -2.19. The quantitative estimate of drug-likeness (QED) is 0.739. The van der Waals surface area contributed by atoms with E-state index >= 15 is 0 Å². The first-order valence-corrected chi connectivity index (χ1v) is 8.77. The molecule has 0 bridgehead atoms. The van der Waals surface area contributed by atoms with Gasteiger partial charge < -0.3 is 19.9 Å². The molecule has 2 aromatic rings. The van der Waals surface area contributed by atoms with Gasteiger partial charge in [-0.25, -0.2) is 9.78 Å². The van der Waals surface area contributed by atoms with E-state index in [-0.39, 0.29) is 6.03 Å². The number of carbonyl (C=O) groups is 1. The molecule has 0 atom stereocenters. The maximum Gasteiger partial charge on any atom is 0.317 e. The van der Waals surface area contributed by atoms with Gasteiger partial charge in [0.2, 0.25) is 0 Å². The highest BCUT2D eigenvalue weighted by atomic mass is 16.5.